The van der Waals surface area contributed by atoms with Crippen molar-refractivity contribution in [2.45, 2.75) is 117 Å². The fourth-order valence-corrected chi connectivity index (χ4v) is 7.15. The van der Waals surface area contributed by atoms with Gasteiger partial charge in [0.05, 0.1) is 35.9 Å². The van der Waals surface area contributed by atoms with Crippen molar-refractivity contribution in [1.29, 1.82) is 0 Å². The molecule has 5 rings (SSSR count). The third kappa shape index (κ3) is 13.0. The highest BCUT2D eigenvalue weighted by atomic mass is 35.5. The first-order chi connectivity index (χ1) is 28.0. The summed E-state index contributed by atoms with van der Waals surface area (Å²) in [4.78, 5) is 65.6. The standard InChI is InChI=1S/C44H56ClN5O9/c1-26(2)20-37-42(54)57-35(28(4)39-40(59-39)31-17-14-29(15-18-31)23-50-24-32(48-49-50)11-8-10-27(3)51)12-9-13-38(52)47-34(22-30-16-19-36(56-7)33(45)21-30)41(53)46-25-44(5,6)43(55)58-37/h9,13-19,21,24,26,28,34-35,37,39-40H,8,10-12,20,22-23,25H2,1-7H3,(H,46,53)(H,47,52)/b13-9+/t28-,34+,35-,37-,39+,40+/m0/s1. The largest absolute Gasteiger partial charge is 0.495 e. The minimum Gasteiger partial charge on any atom is -0.495 e. The number of halogens is 1. The average molecular weight is 834 g/mol. The number of Topliss-reactive ketones (excluding diaryl/α,β-unsaturated/α-hetero) is 1. The molecule has 2 aliphatic rings. The van der Waals surface area contributed by atoms with E-state index in [4.69, 9.17) is 30.5 Å². The van der Waals surface area contributed by atoms with Crippen molar-refractivity contribution in [2.24, 2.45) is 17.3 Å². The number of benzene rings is 2. The highest BCUT2D eigenvalue weighted by Crippen LogP contribution is 2.45. The van der Waals surface area contributed by atoms with Gasteiger partial charge in [-0.15, -0.1) is 5.10 Å². The van der Waals surface area contributed by atoms with Crippen molar-refractivity contribution >= 4 is 41.1 Å². The first kappa shape index (κ1) is 45.0. The topological polar surface area (TPSA) is 180 Å². The number of esters is 2. The Balaban J connectivity index is 1.31. The molecule has 2 amide bonds. The highest BCUT2D eigenvalue weighted by Gasteiger charge is 2.48. The van der Waals surface area contributed by atoms with Crippen LogP contribution in [0.4, 0.5) is 0 Å². The number of carbonyl (C=O) groups excluding carboxylic acids is 5. The first-order valence-electron chi connectivity index (χ1n) is 20.1. The number of aryl methyl sites for hydroxylation is 1. The molecule has 0 bridgehead atoms. The number of amides is 2. The number of nitrogens with one attached hydrogen (secondary N) is 2. The van der Waals surface area contributed by atoms with Crippen LogP contribution in [0.1, 0.15) is 95.7 Å². The lowest BCUT2D eigenvalue weighted by Gasteiger charge is -2.29. The van der Waals surface area contributed by atoms with E-state index in [1.54, 1.807) is 49.7 Å². The summed E-state index contributed by atoms with van der Waals surface area (Å²) in [6.45, 7) is 11.0. The molecule has 0 unspecified atom stereocenters. The Morgan fingerprint density at radius 1 is 1.05 bits per heavy atom. The second kappa shape index (κ2) is 20.3. The zero-order valence-corrected chi connectivity index (χ0v) is 35.6. The van der Waals surface area contributed by atoms with E-state index in [9.17, 15) is 24.0 Å². The molecule has 0 saturated carbocycles. The quantitative estimate of drug-likeness (QED) is 0.151. The zero-order chi connectivity index (χ0) is 42.9. The fourth-order valence-electron chi connectivity index (χ4n) is 6.87. The van der Waals surface area contributed by atoms with E-state index in [0.29, 0.717) is 35.7 Å². The minimum absolute atomic E-state index is 0.0103. The summed E-state index contributed by atoms with van der Waals surface area (Å²) in [5.41, 5.74) is 2.28. The average Bonchev–Trinajstić information content (AvgIpc) is 3.86. The maximum absolute atomic E-state index is 13.8. The van der Waals surface area contributed by atoms with E-state index >= 15 is 0 Å². The van der Waals surface area contributed by atoms with Crippen LogP contribution in [-0.4, -0.2) is 82.5 Å². The minimum atomic E-state index is -1.23. The van der Waals surface area contributed by atoms with E-state index in [1.165, 1.54) is 13.2 Å². The molecule has 3 aromatic rings. The molecule has 1 saturated heterocycles. The van der Waals surface area contributed by atoms with Gasteiger partial charge in [0.25, 0.3) is 0 Å². The summed E-state index contributed by atoms with van der Waals surface area (Å²) in [7, 11) is 1.50. The van der Waals surface area contributed by atoms with Gasteiger partial charge in [-0.1, -0.05) is 74.0 Å². The summed E-state index contributed by atoms with van der Waals surface area (Å²) in [5.74, 6) is -2.11. The van der Waals surface area contributed by atoms with E-state index in [1.807, 2.05) is 51.2 Å². The molecule has 0 radical (unpaired) electrons. The van der Waals surface area contributed by atoms with Crippen molar-refractivity contribution in [1.82, 2.24) is 25.6 Å². The van der Waals surface area contributed by atoms with Crippen molar-refractivity contribution in [3.63, 3.8) is 0 Å². The molecular formula is C44H56ClN5O9. The van der Waals surface area contributed by atoms with Crippen LogP contribution in [-0.2, 0) is 57.6 Å². The summed E-state index contributed by atoms with van der Waals surface area (Å²) in [5, 5.41) is 14.4. The number of aromatic nitrogens is 3. The molecule has 1 fully saturated rings. The molecule has 0 spiro atoms. The monoisotopic (exact) mass is 833 g/mol. The molecule has 2 aliphatic heterocycles. The van der Waals surface area contributed by atoms with Crippen LogP contribution in [0.15, 0.2) is 60.8 Å². The number of hydrogen-bond donors (Lipinski definition) is 2. The third-order valence-corrected chi connectivity index (χ3v) is 10.8. The molecule has 318 valence electrons. The normalized spacial score (nSPS) is 23.7. The second-order valence-corrected chi connectivity index (χ2v) is 17.0. The van der Waals surface area contributed by atoms with E-state index in [0.717, 1.165) is 23.2 Å². The summed E-state index contributed by atoms with van der Waals surface area (Å²) in [6.07, 6.45) is 4.78. The van der Waals surface area contributed by atoms with Crippen LogP contribution in [0.5, 0.6) is 5.75 Å². The van der Waals surface area contributed by atoms with Crippen LogP contribution in [0.2, 0.25) is 5.02 Å². The van der Waals surface area contributed by atoms with E-state index in [-0.39, 0.29) is 55.6 Å². The Morgan fingerprint density at radius 2 is 1.78 bits per heavy atom. The maximum atomic E-state index is 13.8. The molecule has 14 nitrogen and oxygen atoms in total. The Labute approximate surface area is 350 Å². The lowest BCUT2D eigenvalue weighted by Crippen LogP contribution is -2.51. The Kier molecular flexibility index (Phi) is 15.5. The van der Waals surface area contributed by atoms with Crippen LogP contribution in [0, 0.1) is 17.3 Å². The maximum Gasteiger partial charge on any atom is 0.347 e. The van der Waals surface area contributed by atoms with Crippen molar-refractivity contribution in [2.75, 3.05) is 13.7 Å². The van der Waals surface area contributed by atoms with Gasteiger partial charge < -0.3 is 34.4 Å². The van der Waals surface area contributed by atoms with Crippen LogP contribution in [0.25, 0.3) is 0 Å². The number of rotatable bonds is 14. The number of epoxide rings is 1. The van der Waals surface area contributed by atoms with Crippen LogP contribution >= 0.6 is 11.6 Å². The van der Waals surface area contributed by atoms with Crippen molar-refractivity contribution in [3.8, 4) is 5.75 Å². The molecule has 15 heteroatoms. The van der Waals surface area contributed by atoms with Crippen molar-refractivity contribution in [3.05, 3.63) is 88.2 Å². The second-order valence-electron chi connectivity index (χ2n) is 16.6. The molecule has 2 aromatic carbocycles. The molecule has 1 aromatic heterocycles. The molecule has 3 heterocycles. The predicted octanol–water partition coefficient (Wildman–Crippen LogP) is 5.68. The smallest absolute Gasteiger partial charge is 0.347 e. The van der Waals surface area contributed by atoms with Gasteiger partial charge in [0.2, 0.25) is 11.8 Å². The van der Waals surface area contributed by atoms with Gasteiger partial charge in [0.1, 0.15) is 29.8 Å². The number of nitrogens with zero attached hydrogens (tertiary/aromatic N) is 3. The van der Waals surface area contributed by atoms with Gasteiger partial charge in [-0.25, -0.2) is 9.48 Å². The Bertz CT molecular complexity index is 2000. The van der Waals surface area contributed by atoms with Crippen LogP contribution < -0.4 is 15.4 Å². The SMILES string of the molecule is COc1ccc(C[C@H]2NC(=O)/C=C/C[C@@H]([C@H](C)[C@H]3O[C@@H]3c3ccc(Cn4cc(CCCC(C)=O)nn4)cc3)OC(=O)[C@H](CC(C)C)OC(=O)C(C)(C)CNC2=O)cc1Cl. The molecule has 59 heavy (non-hydrogen) atoms. The van der Waals surface area contributed by atoms with Gasteiger partial charge in [-0.2, -0.15) is 0 Å². The number of carbonyl (C=O) groups is 5. The van der Waals surface area contributed by atoms with Gasteiger partial charge in [-0.3, -0.25) is 14.4 Å². The molecule has 0 aliphatic carbocycles. The third-order valence-electron chi connectivity index (χ3n) is 10.5. The predicted molar refractivity (Wildman–Crippen MR) is 219 cm³/mol. The van der Waals surface area contributed by atoms with Crippen molar-refractivity contribution < 1.29 is 42.9 Å². The van der Waals surface area contributed by atoms with E-state index < -0.39 is 47.4 Å². The number of ether oxygens (including phenoxy) is 4. The van der Waals surface area contributed by atoms with E-state index in [2.05, 4.69) is 20.9 Å². The summed E-state index contributed by atoms with van der Waals surface area (Å²) in [6, 6.07) is 12.1. The number of ketones is 1. The number of methoxy groups -OCH3 is 1. The Morgan fingerprint density at radius 3 is 2.46 bits per heavy atom. The lowest BCUT2D eigenvalue weighted by molar-refractivity contribution is -0.179. The highest BCUT2D eigenvalue weighted by molar-refractivity contribution is 6.32. The van der Waals surface area contributed by atoms with Gasteiger partial charge in [-0.05, 0) is 80.9 Å². The number of cyclic esters (lactones) is 2. The van der Waals surface area contributed by atoms with Crippen LogP contribution in [0.3, 0.4) is 0 Å². The first-order valence-corrected chi connectivity index (χ1v) is 20.5. The van der Waals surface area contributed by atoms with Gasteiger partial charge >= 0.3 is 11.9 Å². The zero-order valence-electron chi connectivity index (χ0n) is 34.9. The summed E-state index contributed by atoms with van der Waals surface area (Å²) < 4.78 is 25.2. The molecule has 6 atom stereocenters. The fraction of sp³-hybridized carbons (Fsp3) is 0.523. The Hall–Kier alpha value is -5.08. The lowest BCUT2D eigenvalue weighted by atomic mass is 9.92. The molecule has 2 N–H and O–H groups in total. The van der Waals surface area contributed by atoms with Gasteiger partial charge in [0, 0.05) is 37.9 Å². The molecular weight excluding hydrogens is 778 g/mol. The summed E-state index contributed by atoms with van der Waals surface area (Å²) >= 11 is 6.36. The van der Waals surface area contributed by atoms with Gasteiger partial charge in [0.15, 0.2) is 6.10 Å². The number of hydrogen-bond acceptors (Lipinski definition) is 11.